The highest BCUT2D eigenvalue weighted by Gasteiger charge is 2.10. The Kier molecular flexibility index (Phi) is 3.81. The first kappa shape index (κ1) is 11.2. The van der Waals surface area contributed by atoms with Crippen LogP contribution >= 0.6 is 0 Å². The first-order chi connectivity index (χ1) is 7.13. The van der Waals surface area contributed by atoms with Crippen LogP contribution in [0.5, 0.6) is 0 Å². The van der Waals surface area contributed by atoms with Crippen molar-refractivity contribution in [2.75, 3.05) is 0 Å². The maximum Gasteiger partial charge on any atom is 0.237 e. The first-order valence-corrected chi connectivity index (χ1v) is 4.55. The topological polar surface area (TPSA) is 52.9 Å². The molecule has 0 radical (unpaired) electrons. The number of nitrogens with zero attached hydrogens (tertiary/aromatic N) is 1. The van der Waals surface area contributed by atoms with Crippen LogP contribution in [0.3, 0.4) is 0 Å². The fourth-order valence-electron chi connectivity index (χ4n) is 1.05. The van der Waals surface area contributed by atoms with Crippen molar-refractivity contribution in [1.29, 1.82) is 5.26 Å². The molecule has 4 heteroatoms. The molecule has 78 valence electrons. The van der Waals surface area contributed by atoms with E-state index in [4.69, 9.17) is 5.26 Å². The van der Waals surface area contributed by atoms with E-state index in [1.165, 1.54) is 19.1 Å². The smallest absolute Gasteiger partial charge is 0.237 e. The summed E-state index contributed by atoms with van der Waals surface area (Å²) in [5, 5.41) is 11.0. The van der Waals surface area contributed by atoms with Gasteiger partial charge in [-0.15, -0.1) is 0 Å². The van der Waals surface area contributed by atoms with Crippen molar-refractivity contribution in [3.05, 3.63) is 35.6 Å². The average molecular weight is 206 g/mol. The molecule has 0 spiro atoms. The Morgan fingerprint density at radius 2 is 2.40 bits per heavy atom. The molecule has 0 bridgehead atoms. The molecular weight excluding hydrogens is 195 g/mol. The second-order valence-corrected chi connectivity index (χ2v) is 3.20. The number of carbonyl (C=O) groups excluding carboxylic acids is 1. The van der Waals surface area contributed by atoms with Crippen LogP contribution < -0.4 is 5.32 Å². The Morgan fingerprint density at radius 1 is 1.67 bits per heavy atom. The fraction of sp³-hybridized carbons (Fsp3) is 0.273. The third-order valence-electron chi connectivity index (χ3n) is 1.94. The van der Waals surface area contributed by atoms with E-state index in [-0.39, 0.29) is 18.3 Å². The van der Waals surface area contributed by atoms with Crippen molar-refractivity contribution in [3.63, 3.8) is 0 Å². The minimum Gasteiger partial charge on any atom is -0.351 e. The van der Waals surface area contributed by atoms with Gasteiger partial charge in [0.25, 0.3) is 0 Å². The molecule has 1 aromatic carbocycles. The Hall–Kier alpha value is -1.89. The van der Waals surface area contributed by atoms with Gasteiger partial charge in [0.1, 0.15) is 11.7 Å². The van der Waals surface area contributed by atoms with Crippen LogP contribution in [0.1, 0.15) is 12.5 Å². The van der Waals surface area contributed by atoms with Crippen molar-refractivity contribution >= 4 is 5.91 Å². The Bertz CT molecular complexity index is 398. The molecule has 0 aliphatic heterocycles. The summed E-state index contributed by atoms with van der Waals surface area (Å²) in [5.41, 5.74) is 0.675. The zero-order valence-electron chi connectivity index (χ0n) is 8.33. The molecule has 1 aromatic rings. The van der Waals surface area contributed by atoms with E-state index in [1.54, 1.807) is 12.1 Å². The van der Waals surface area contributed by atoms with E-state index in [9.17, 15) is 9.18 Å². The van der Waals surface area contributed by atoms with Gasteiger partial charge in [-0.05, 0) is 24.6 Å². The summed E-state index contributed by atoms with van der Waals surface area (Å²) in [6.45, 7) is 1.75. The van der Waals surface area contributed by atoms with Gasteiger partial charge in [0, 0.05) is 6.54 Å². The minimum atomic E-state index is -0.682. The van der Waals surface area contributed by atoms with E-state index >= 15 is 0 Å². The molecule has 1 amide bonds. The predicted octanol–water partition coefficient (Wildman–Crippen LogP) is 1.60. The lowest BCUT2D eigenvalue weighted by Gasteiger charge is -2.05. The minimum absolute atomic E-state index is 0.239. The molecule has 0 fully saturated rings. The van der Waals surface area contributed by atoms with Crippen LogP contribution in [0.2, 0.25) is 0 Å². The summed E-state index contributed by atoms with van der Waals surface area (Å²) in [7, 11) is 0. The monoisotopic (exact) mass is 206 g/mol. The molecular formula is C11H11FN2O. The molecule has 0 aliphatic rings. The number of halogens is 1. The summed E-state index contributed by atoms with van der Waals surface area (Å²) < 4.78 is 12.8. The number of nitrogens with one attached hydrogen (secondary N) is 1. The van der Waals surface area contributed by atoms with Gasteiger partial charge in [-0.2, -0.15) is 5.26 Å². The van der Waals surface area contributed by atoms with Crippen LogP contribution in [0.15, 0.2) is 24.3 Å². The summed E-state index contributed by atoms with van der Waals surface area (Å²) in [6.07, 6.45) is 0. The van der Waals surface area contributed by atoms with E-state index < -0.39 is 5.92 Å². The Labute approximate surface area is 87.5 Å². The number of benzene rings is 1. The lowest BCUT2D eigenvalue weighted by molar-refractivity contribution is -0.123. The molecule has 0 heterocycles. The van der Waals surface area contributed by atoms with Gasteiger partial charge < -0.3 is 5.32 Å². The largest absolute Gasteiger partial charge is 0.351 e. The van der Waals surface area contributed by atoms with Crippen molar-refractivity contribution in [1.82, 2.24) is 5.32 Å². The summed E-state index contributed by atoms with van der Waals surface area (Å²) in [5.74, 6) is -1.37. The number of carbonyl (C=O) groups is 1. The molecule has 1 unspecified atom stereocenters. The van der Waals surface area contributed by atoms with Gasteiger partial charge in [-0.3, -0.25) is 4.79 Å². The summed E-state index contributed by atoms with van der Waals surface area (Å²) >= 11 is 0. The first-order valence-electron chi connectivity index (χ1n) is 4.55. The van der Waals surface area contributed by atoms with Crippen LogP contribution in [-0.2, 0) is 11.3 Å². The summed E-state index contributed by atoms with van der Waals surface area (Å²) in [6, 6.07) is 7.79. The molecule has 0 saturated heterocycles. The number of hydrogen-bond donors (Lipinski definition) is 1. The molecule has 3 nitrogen and oxygen atoms in total. The molecule has 1 rings (SSSR count). The lowest BCUT2D eigenvalue weighted by atomic mass is 10.2. The number of hydrogen-bond acceptors (Lipinski definition) is 2. The van der Waals surface area contributed by atoms with Crippen LogP contribution in [-0.4, -0.2) is 5.91 Å². The van der Waals surface area contributed by atoms with E-state index in [0.29, 0.717) is 5.56 Å². The third-order valence-corrected chi connectivity index (χ3v) is 1.94. The van der Waals surface area contributed by atoms with Gasteiger partial charge in [0.05, 0.1) is 6.07 Å². The lowest BCUT2D eigenvalue weighted by Crippen LogP contribution is -2.27. The molecule has 0 aliphatic carbocycles. The quantitative estimate of drug-likeness (QED) is 0.816. The second-order valence-electron chi connectivity index (χ2n) is 3.20. The molecule has 0 aromatic heterocycles. The third kappa shape index (κ3) is 3.39. The van der Waals surface area contributed by atoms with Gasteiger partial charge in [0.15, 0.2) is 0 Å². The standard InChI is InChI=1S/C11H11FN2O/c1-8(6-13)11(15)14-7-9-3-2-4-10(12)5-9/h2-5,8H,7H2,1H3,(H,14,15). The molecule has 1 N–H and O–H groups in total. The maximum atomic E-state index is 12.8. The van der Waals surface area contributed by atoms with Crippen molar-refractivity contribution in [2.24, 2.45) is 5.92 Å². The van der Waals surface area contributed by atoms with Crippen LogP contribution in [0.25, 0.3) is 0 Å². The van der Waals surface area contributed by atoms with E-state index in [1.807, 2.05) is 6.07 Å². The van der Waals surface area contributed by atoms with Gasteiger partial charge >= 0.3 is 0 Å². The van der Waals surface area contributed by atoms with Gasteiger partial charge in [0.2, 0.25) is 5.91 Å². The zero-order valence-corrected chi connectivity index (χ0v) is 8.33. The average Bonchev–Trinajstić information content (AvgIpc) is 2.25. The Morgan fingerprint density at radius 3 is 3.00 bits per heavy atom. The summed E-state index contributed by atoms with van der Waals surface area (Å²) in [4.78, 5) is 11.2. The van der Waals surface area contributed by atoms with E-state index in [0.717, 1.165) is 0 Å². The van der Waals surface area contributed by atoms with Gasteiger partial charge in [-0.25, -0.2) is 4.39 Å². The van der Waals surface area contributed by atoms with Crippen molar-refractivity contribution in [2.45, 2.75) is 13.5 Å². The highest BCUT2D eigenvalue weighted by molar-refractivity contribution is 5.80. The Balaban J connectivity index is 2.51. The normalized spacial score (nSPS) is 11.5. The number of rotatable bonds is 3. The van der Waals surface area contributed by atoms with Gasteiger partial charge in [-0.1, -0.05) is 12.1 Å². The number of amides is 1. The SMILES string of the molecule is CC(C#N)C(=O)NCc1cccc(F)c1. The fourth-order valence-corrected chi connectivity index (χ4v) is 1.05. The highest BCUT2D eigenvalue weighted by Crippen LogP contribution is 2.03. The van der Waals surface area contributed by atoms with Crippen LogP contribution in [0, 0.1) is 23.1 Å². The van der Waals surface area contributed by atoms with Crippen molar-refractivity contribution in [3.8, 4) is 6.07 Å². The highest BCUT2D eigenvalue weighted by atomic mass is 19.1. The van der Waals surface area contributed by atoms with E-state index in [2.05, 4.69) is 5.32 Å². The second kappa shape index (κ2) is 5.11. The predicted molar refractivity (Wildman–Crippen MR) is 53.0 cm³/mol. The van der Waals surface area contributed by atoms with Crippen molar-refractivity contribution < 1.29 is 9.18 Å². The molecule has 0 saturated carbocycles. The maximum absolute atomic E-state index is 12.8. The molecule has 15 heavy (non-hydrogen) atoms. The van der Waals surface area contributed by atoms with Crippen LogP contribution in [0.4, 0.5) is 4.39 Å². The zero-order chi connectivity index (χ0) is 11.3. The number of nitriles is 1. The molecule has 1 atom stereocenters.